The van der Waals surface area contributed by atoms with Gasteiger partial charge in [-0.1, -0.05) is 0 Å². The molecule has 0 aliphatic rings. The molecular weight excluding hydrogens is 384 g/mol. The molecule has 0 atom stereocenters. The summed E-state index contributed by atoms with van der Waals surface area (Å²) in [5.74, 6) is -3.18. The zero-order valence-electron chi connectivity index (χ0n) is 11.1. The first-order chi connectivity index (χ1) is 10.2. The number of halogens is 3. The van der Waals surface area contributed by atoms with Crippen LogP contribution in [0.4, 0.5) is 8.78 Å². The van der Waals surface area contributed by atoms with Crippen LogP contribution >= 0.6 is 15.9 Å². The fraction of sp³-hybridized carbons (Fsp3) is 0.0833. The van der Waals surface area contributed by atoms with Gasteiger partial charge in [0.25, 0.3) is 15.9 Å². The Labute approximate surface area is 133 Å². The summed E-state index contributed by atoms with van der Waals surface area (Å²) in [6.07, 6.45) is 1.61. The van der Waals surface area contributed by atoms with Crippen LogP contribution in [0, 0.1) is 11.6 Å². The fourth-order valence-electron chi connectivity index (χ4n) is 1.63. The number of hydrogen-bond donors (Lipinski definition) is 2. The van der Waals surface area contributed by atoms with E-state index >= 15 is 0 Å². The summed E-state index contributed by atoms with van der Waals surface area (Å²) in [5, 5.41) is 0. The Kier molecular flexibility index (Phi) is 4.63. The molecule has 2 aromatic rings. The van der Waals surface area contributed by atoms with Crippen molar-refractivity contribution in [3.63, 3.8) is 0 Å². The van der Waals surface area contributed by atoms with Crippen LogP contribution in [0.5, 0.6) is 0 Å². The maximum atomic E-state index is 13.1. The Morgan fingerprint density at radius 2 is 1.91 bits per heavy atom. The summed E-state index contributed by atoms with van der Waals surface area (Å²) < 4.78 is 51.8. The van der Waals surface area contributed by atoms with Gasteiger partial charge in [-0.3, -0.25) is 10.2 Å². The molecule has 10 heteroatoms. The molecule has 0 bridgehead atoms. The number of sulfonamides is 1. The van der Waals surface area contributed by atoms with Gasteiger partial charge in [0.05, 0.1) is 4.90 Å². The van der Waals surface area contributed by atoms with Crippen LogP contribution in [0.25, 0.3) is 0 Å². The van der Waals surface area contributed by atoms with Gasteiger partial charge in [-0.2, -0.15) is 0 Å². The molecule has 0 saturated heterocycles. The van der Waals surface area contributed by atoms with Crippen molar-refractivity contribution in [1.29, 1.82) is 0 Å². The summed E-state index contributed by atoms with van der Waals surface area (Å²) in [4.78, 5) is 13.2. The number of nitrogens with one attached hydrogen (secondary N) is 2. The van der Waals surface area contributed by atoms with E-state index in [1.165, 1.54) is 10.6 Å². The highest BCUT2D eigenvalue weighted by molar-refractivity contribution is 9.10. The highest BCUT2D eigenvalue weighted by atomic mass is 79.9. The molecule has 1 aromatic carbocycles. The third-order valence-corrected chi connectivity index (χ3v) is 4.38. The molecule has 0 aliphatic carbocycles. The van der Waals surface area contributed by atoms with Gasteiger partial charge < -0.3 is 4.57 Å². The van der Waals surface area contributed by atoms with E-state index in [9.17, 15) is 22.0 Å². The molecule has 2 N–H and O–H groups in total. The molecule has 0 unspecified atom stereocenters. The highest BCUT2D eigenvalue weighted by Gasteiger charge is 2.19. The number of hydrazine groups is 1. The third kappa shape index (κ3) is 3.51. The topological polar surface area (TPSA) is 80.2 Å². The second-order valence-electron chi connectivity index (χ2n) is 4.29. The molecule has 0 radical (unpaired) electrons. The predicted octanol–water partition coefficient (Wildman–Crippen LogP) is 1.69. The van der Waals surface area contributed by atoms with Gasteiger partial charge in [-0.25, -0.2) is 17.2 Å². The molecule has 2 rings (SSSR count). The number of carbonyl (C=O) groups is 1. The Hall–Kier alpha value is -1.78. The van der Waals surface area contributed by atoms with E-state index < -0.39 is 32.5 Å². The summed E-state index contributed by atoms with van der Waals surface area (Å²) in [7, 11) is -2.62. The molecular formula is C12H10BrF2N3O3S. The minimum Gasteiger partial charge on any atom is -0.345 e. The number of nitrogens with zero attached hydrogens (tertiary/aromatic N) is 1. The second kappa shape index (κ2) is 6.15. The van der Waals surface area contributed by atoms with Gasteiger partial charge in [0.1, 0.15) is 5.69 Å². The summed E-state index contributed by atoms with van der Waals surface area (Å²) in [6, 6.07) is 3.57. The van der Waals surface area contributed by atoms with Gasteiger partial charge in [0.2, 0.25) is 0 Å². The Morgan fingerprint density at radius 3 is 2.45 bits per heavy atom. The van der Waals surface area contributed by atoms with Crippen LogP contribution in [0.15, 0.2) is 39.8 Å². The van der Waals surface area contributed by atoms with E-state index in [2.05, 4.69) is 15.9 Å². The number of aromatic nitrogens is 1. The first-order valence-electron chi connectivity index (χ1n) is 5.80. The molecule has 6 nitrogen and oxygen atoms in total. The monoisotopic (exact) mass is 393 g/mol. The van der Waals surface area contributed by atoms with Crippen LogP contribution in [-0.4, -0.2) is 18.9 Å². The molecule has 118 valence electrons. The zero-order valence-corrected chi connectivity index (χ0v) is 13.5. The third-order valence-electron chi connectivity index (χ3n) is 2.70. The van der Waals surface area contributed by atoms with E-state index in [1.54, 1.807) is 13.2 Å². The molecule has 0 saturated carbocycles. The molecule has 0 spiro atoms. The van der Waals surface area contributed by atoms with Crippen LogP contribution in [-0.2, 0) is 17.1 Å². The largest absolute Gasteiger partial charge is 0.345 e. The van der Waals surface area contributed by atoms with Crippen molar-refractivity contribution in [3.05, 3.63) is 52.3 Å². The average Bonchev–Trinajstić information content (AvgIpc) is 2.78. The van der Waals surface area contributed by atoms with E-state index in [0.29, 0.717) is 16.6 Å². The fourth-order valence-corrected chi connectivity index (χ4v) is 3.01. The van der Waals surface area contributed by atoms with Crippen molar-refractivity contribution in [1.82, 2.24) is 14.8 Å². The van der Waals surface area contributed by atoms with E-state index in [1.807, 2.05) is 10.3 Å². The number of hydrogen-bond acceptors (Lipinski definition) is 3. The Morgan fingerprint density at radius 1 is 1.23 bits per heavy atom. The van der Waals surface area contributed by atoms with Crippen molar-refractivity contribution in [2.75, 3.05) is 0 Å². The lowest BCUT2D eigenvalue weighted by Crippen LogP contribution is -2.42. The maximum Gasteiger partial charge on any atom is 0.282 e. The molecule has 1 aromatic heterocycles. The average molecular weight is 394 g/mol. The van der Waals surface area contributed by atoms with Crippen molar-refractivity contribution >= 4 is 31.9 Å². The first kappa shape index (κ1) is 16.6. The van der Waals surface area contributed by atoms with Crippen LogP contribution in [0.1, 0.15) is 10.5 Å². The minimum absolute atomic E-state index is 0.194. The number of amides is 1. The van der Waals surface area contributed by atoms with Gasteiger partial charge in [0, 0.05) is 17.7 Å². The number of benzene rings is 1. The SMILES string of the molecule is Cn1cc(Br)cc1C(=O)NNS(=O)(=O)c1ccc(F)c(F)c1. The van der Waals surface area contributed by atoms with Crippen LogP contribution in [0.2, 0.25) is 0 Å². The first-order valence-corrected chi connectivity index (χ1v) is 8.07. The summed E-state index contributed by atoms with van der Waals surface area (Å²) >= 11 is 3.18. The lowest BCUT2D eigenvalue weighted by molar-refractivity contribution is 0.0937. The Bertz CT molecular complexity index is 836. The van der Waals surface area contributed by atoms with Gasteiger partial charge in [-0.05, 0) is 40.2 Å². The van der Waals surface area contributed by atoms with Crippen LogP contribution in [0.3, 0.4) is 0 Å². The van der Waals surface area contributed by atoms with E-state index in [4.69, 9.17) is 0 Å². The van der Waals surface area contributed by atoms with Gasteiger partial charge >= 0.3 is 0 Å². The molecule has 22 heavy (non-hydrogen) atoms. The molecule has 0 fully saturated rings. The second-order valence-corrected chi connectivity index (χ2v) is 6.89. The van der Waals surface area contributed by atoms with E-state index in [0.717, 1.165) is 6.07 Å². The van der Waals surface area contributed by atoms with Gasteiger partial charge in [-0.15, -0.1) is 4.83 Å². The minimum atomic E-state index is -4.22. The quantitative estimate of drug-likeness (QED) is 0.775. The number of aryl methyl sites for hydroxylation is 1. The van der Waals surface area contributed by atoms with Gasteiger partial charge in [0.15, 0.2) is 11.6 Å². The molecule has 1 amide bonds. The zero-order chi connectivity index (χ0) is 16.5. The number of carbonyl (C=O) groups excluding carboxylic acids is 1. The maximum absolute atomic E-state index is 13.1. The van der Waals surface area contributed by atoms with Crippen molar-refractivity contribution in [2.24, 2.45) is 7.05 Å². The summed E-state index contributed by atoms with van der Waals surface area (Å²) in [6.45, 7) is 0. The molecule has 0 aliphatic heterocycles. The lowest BCUT2D eigenvalue weighted by Gasteiger charge is -2.09. The highest BCUT2D eigenvalue weighted by Crippen LogP contribution is 2.14. The Balaban J connectivity index is 2.14. The van der Waals surface area contributed by atoms with Crippen molar-refractivity contribution in [2.45, 2.75) is 4.90 Å². The van der Waals surface area contributed by atoms with Crippen molar-refractivity contribution in [3.8, 4) is 0 Å². The normalized spacial score (nSPS) is 11.5. The van der Waals surface area contributed by atoms with Crippen LogP contribution < -0.4 is 10.3 Å². The number of rotatable bonds is 4. The van der Waals surface area contributed by atoms with E-state index in [-0.39, 0.29) is 5.69 Å². The lowest BCUT2D eigenvalue weighted by atomic mass is 10.3. The smallest absolute Gasteiger partial charge is 0.282 e. The standard InChI is InChI=1S/C12H10BrF2N3O3S/c1-18-6-7(13)4-11(18)12(19)16-17-22(20,21)8-2-3-9(14)10(15)5-8/h2-6,17H,1H3,(H,16,19). The predicted molar refractivity (Wildman–Crippen MR) is 77.3 cm³/mol. The molecule has 1 heterocycles. The van der Waals surface area contributed by atoms with Crippen molar-refractivity contribution < 1.29 is 22.0 Å². The summed E-state index contributed by atoms with van der Waals surface area (Å²) in [5.41, 5.74) is 2.19.